The molecule has 1 atom stereocenters. The predicted molar refractivity (Wildman–Crippen MR) is 82.4 cm³/mol. The van der Waals surface area contributed by atoms with E-state index in [0.29, 0.717) is 13.2 Å². The SMILES string of the molecule is CCOC(=O)C1C=NCCc2c1[nH]c1ccc(Br)cc21. The number of halogens is 1. The topological polar surface area (TPSA) is 54.4 Å². The van der Waals surface area contributed by atoms with Crippen molar-refractivity contribution in [3.05, 3.63) is 33.9 Å². The summed E-state index contributed by atoms with van der Waals surface area (Å²) in [5, 5.41) is 1.15. The molecule has 2 aromatic rings. The van der Waals surface area contributed by atoms with E-state index < -0.39 is 5.92 Å². The maximum absolute atomic E-state index is 12.1. The van der Waals surface area contributed by atoms with Gasteiger partial charge in [-0.2, -0.15) is 0 Å². The smallest absolute Gasteiger partial charge is 0.320 e. The van der Waals surface area contributed by atoms with E-state index in [1.54, 1.807) is 6.21 Å². The quantitative estimate of drug-likeness (QED) is 0.857. The van der Waals surface area contributed by atoms with Crippen LogP contribution < -0.4 is 0 Å². The van der Waals surface area contributed by atoms with Gasteiger partial charge in [0.2, 0.25) is 0 Å². The van der Waals surface area contributed by atoms with Gasteiger partial charge in [-0.15, -0.1) is 0 Å². The number of carbonyl (C=O) groups is 1. The van der Waals surface area contributed by atoms with Gasteiger partial charge in [-0.3, -0.25) is 9.79 Å². The summed E-state index contributed by atoms with van der Waals surface area (Å²) < 4.78 is 6.19. The van der Waals surface area contributed by atoms with Gasteiger partial charge in [0, 0.05) is 33.8 Å². The van der Waals surface area contributed by atoms with Crippen LogP contribution in [0.4, 0.5) is 0 Å². The zero-order valence-corrected chi connectivity index (χ0v) is 12.7. The maximum atomic E-state index is 12.1. The Kier molecular flexibility index (Phi) is 3.61. The molecule has 0 aliphatic carbocycles. The second kappa shape index (κ2) is 5.40. The van der Waals surface area contributed by atoms with Gasteiger partial charge in [0.15, 0.2) is 0 Å². The van der Waals surface area contributed by atoms with Crippen LogP contribution in [-0.2, 0) is 16.0 Å². The van der Waals surface area contributed by atoms with Crippen LogP contribution in [0.5, 0.6) is 0 Å². The Labute approximate surface area is 125 Å². The lowest BCUT2D eigenvalue weighted by molar-refractivity contribution is -0.143. The molecule has 20 heavy (non-hydrogen) atoms. The third kappa shape index (κ3) is 2.26. The minimum absolute atomic E-state index is 0.245. The van der Waals surface area contributed by atoms with Gasteiger partial charge in [0.25, 0.3) is 0 Å². The second-order valence-corrected chi connectivity index (χ2v) is 5.66. The van der Waals surface area contributed by atoms with Crippen LogP contribution in [0.1, 0.15) is 24.1 Å². The van der Waals surface area contributed by atoms with Gasteiger partial charge < -0.3 is 9.72 Å². The highest BCUT2D eigenvalue weighted by molar-refractivity contribution is 9.10. The molecule has 0 spiro atoms. The molecule has 4 nitrogen and oxygen atoms in total. The summed E-state index contributed by atoms with van der Waals surface area (Å²) in [7, 11) is 0. The molecule has 5 heteroatoms. The zero-order chi connectivity index (χ0) is 14.1. The third-order valence-electron chi connectivity index (χ3n) is 3.50. The van der Waals surface area contributed by atoms with Gasteiger partial charge in [0.1, 0.15) is 5.92 Å². The number of nitrogens with zero attached hydrogens (tertiary/aromatic N) is 1. The number of nitrogens with one attached hydrogen (secondary N) is 1. The number of fused-ring (bicyclic) bond motifs is 3. The zero-order valence-electron chi connectivity index (χ0n) is 11.1. The summed E-state index contributed by atoms with van der Waals surface area (Å²) in [6.07, 6.45) is 2.53. The average Bonchev–Trinajstić information content (AvgIpc) is 2.64. The number of aliphatic imine (C=N–C) groups is 1. The minimum atomic E-state index is -0.432. The molecule has 1 unspecified atom stereocenters. The Bertz CT molecular complexity index is 690. The molecule has 104 valence electrons. The molecule has 2 heterocycles. The lowest BCUT2D eigenvalue weighted by Crippen LogP contribution is -2.18. The molecule has 0 fully saturated rings. The minimum Gasteiger partial charge on any atom is -0.465 e. The molecule has 0 saturated heterocycles. The van der Waals surface area contributed by atoms with Crippen molar-refractivity contribution in [1.29, 1.82) is 0 Å². The molecule has 0 saturated carbocycles. The lowest BCUT2D eigenvalue weighted by atomic mass is 10.0. The van der Waals surface area contributed by atoms with E-state index in [1.165, 1.54) is 0 Å². The van der Waals surface area contributed by atoms with Crippen molar-refractivity contribution in [3.8, 4) is 0 Å². The fraction of sp³-hybridized carbons (Fsp3) is 0.333. The summed E-state index contributed by atoms with van der Waals surface area (Å²) >= 11 is 3.50. The van der Waals surface area contributed by atoms with E-state index in [2.05, 4.69) is 32.0 Å². The molecule has 1 aromatic carbocycles. The van der Waals surface area contributed by atoms with E-state index >= 15 is 0 Å². The summed E-state index contributed by atoms with van der Waals surface area (Å²) in [4.78, 5) is 19.8. The molecule has 0 amide bonds. The first kappa shape index (κ1) is 13.4. The van der Waals surface area contributed by atoms with Crippen molar-refractivity contribution in [2.45, 2.75) is 19.3 Å². The molecule has 1 N–H and O–H groups in total. The third-order valence-corrected chi connectivity index (χ3v) is 3.99. The second-order valence-electron chi connectivity index (χ2n) is 4.74. The first-order valence-electron chi connectivity index (χ1n) is 6.67. The maximum Gasteiger partial charge on any atom is 0.320 e. The van der Waals surface area contributed by atoms with Gasteiger partial charge in [-0.05, 0) is 37.1 Å². The van der Waals surface area contributed by atoms with E-state index in [4.69, 9.17) is 4.74 Å². The number of aromatic amines is 1. The Morgan fingerprint density at radius 1 is 1.55 bits per heavy atom. The highest BCUT2D eigenvalue weighted by atomic mass is 79.9. The van der Waals surface area contributed by atoms with Crippen LogP contribution >= 0.6 is 15.9 Å². The van der Waals surface area contributed by atoms with Crippen molar-refractivity contribution in [2.24, 2.45) is 4.99 Å². The number of hydrogen-bond donors (Lipinski definition) is 1. The number of hydrogen-bond acceptors (Lipinski definition) is 3. The number of H-pyrrole nitrogens is 1. The van der Waals surface area contributed by atoms with Crippen LogP contribution in [-0.4, -0.2) is 30.3 Å². The summed E-state index contributed by atoms with van der Waals surface area (Å²) in [6, 6.07) is 6.09. The molecule has 1 aromatic heterocycles. The van der Waals surface area contributed by atoms with Crippen molar-refractivity contribution in [1.82, 2.24) is 4.98 Å². The first-order valence-corrected chi connectivity index (χ1v) is 7.46. The molecule has 3 rings (SSSR count). The van der Waals surface area contributed by atoms with E-state index in [-0.39, 0.29) is 5.97 Å². The summed E-state index contributed by atoms with van der Waals surface area (Å²) in [5.41, 5.74) is 3.12. The average molecular weight is 335 g/mol. The van der Waals surface area contributed by atoms with Crippen LogP contribution in [0.25, 0.3) is 10.9 Å². The van der Waals surface area contributed by atoms with Crippen LogP contribution in [0.15, 0.2) is 27.7 Å². The highest BCUT2D eigenvalue weighted by Gasteiger charge is 2.27. The number of esters is 1. The Morgan fingerprint density at radius 3 is 3.20 bits per heavy atom. The van der Waals surface area contributed by atoms with Crippen LogP contribution in [0.3, 0.4) is 0 Å². The van der Waals surface area contributed by atoms with Crippen LogP contribution in [0, 0.1) is 0 Å². The fourth-order valence-corrected chi connectivity index (χ4v) is 2.98. The highest BCUT2D eigenvalue weighted by Crippen LogP contribution is 2.31. The standard InChI is InChI=1S/C15H15BrN2O2/c1-2-20-15(19)12-8-17-6-5-10-11-7-9(16)3-4-13(11)18-14(10)12/h3-4,7-8,12,18H,2,5-6H2,1H3. The van der Waals surface area contributed by atoms with Crippen molar-refractivity contribution < 1.29 is 9.53 Å². The molecule has 1 aliphatic rings. The number of rotatable bonds is 2. The van der Waals surface area contributed by atoms with Crippen LogP contribution in [0.2, 0.25) is 0 Å². The molecule has 1 aliphatic heterocycles. The molecule has 0 radical (unpaired) electrons. The van der Waals surface area contributed by atoms with E-state index in [9.17, 15) is 4.79 Å². The Balaban J connectivity index is 2.14. The van der Waals surface area contributed by atoms with E-state index in [1.807, 2.05) is 19.1 Å². The largest absolute Gasteiger partial charge is 0.465 e. The molecular weight excluding hydrogens is 320 g/mol. The molecular formula is C15H15BrN2O2. The van der Waals surface area contributed by atoms with Gasteiger partial charge in [-0.1, -0.05) is 15.9 Å². The Morgan fingerprint density at radius 2 is 2.40 bits per heavy atom. The van der Waals surface area contributed by atoms with Gasteiger partial charge in [-0.25, -0.2) is 0 Å². The molecule has 0 bridgehead atoms. The lowest BCUT2D eigenvalue weighted by Gasteiger charge is -2.10. The van der Waals surface area contributed by atoms with E-state index in [0.717, 1.165) is 33.1 Å². The van der Waals surface area contributed by atoms with Gasteiger partial charge in [0.05, 0.1) is 6.61 Å². The first-order chi connectivity index (χ1) is 9.70. The monoisotopic (exact) mass is 334 g/mol. The number of aromatic nitrogens is 1. The number of benzene rings is 1. The van der Waals surface area contributed by atoms with Crippen molar-refractivity contribution in [2.75, 3.05) is 13.2 Å². The van der Waals surface area contributed by atoms with Gasteiger partial charge >= 0.3 is 5.97 Å². The summed E-state index contributed by atoms with van der Waals surface area (Å²) in [5.74, 6) is -0.677. The van der Waals surface area contributed by atoms with Crippen molar-refractivity contribution >= 4 is 39.0 Å². The fourth-order valence-electron chi connectivity index (χ4n) is 2.62. The Hall–Kier alpha value is -1.62. The normalized spacial score (nSPS) is 17.8. The number of carbonyl (C=O) groups excluding carboxylic acids is 1. The van der Waals surface area contributed by atoms with Crippen molar-refractivity contribution in [3.63, 3.8) is 0 Å². The predicted octanol–water partition coefficient (Wildman–Crippen LogP) is 3.20. The number of ether oxygens (including phenoxy) is 1. The summed E-state index contributed by atoms with van der Waals surface area (Å²) in [6.45, 7) is 2.89.